The van der Waals surface area contributed by atoms with E-state index >= 15 is 0 Å². The van der Waals surface area contributed by atoms with E-state index in [1.807, 2.05) is 0 Å². The molecule has 0 radical (unpaired) electrons. The number of epoxide rings is 1. The summed E-state index contributed by atoms with van der Waals surface area (Å²) in [6.45, 7) is 0. The molecule has 78 valence electrons. The lowest BCUT2D eigenvalue weighted by Crippen LogP contribution is -2.33. The highest BCUT2D eigenvalue weighted by molar-refractivity contribution is 5.18. The molecule has 14 heavy (non-hydrogen) atoms. The second-order valence-electron chi connectivity index (χ2n) is 5.37. The lowest BCUT2D eigenvalue weighted by atomic mass is 9.81. The second kappa shape index (κ2) is 2.34. The molecule has 3 aliphatic carbocycles. The van der Waals surface area contributed by atoms with Crippen LogP contribution in [0.3, 0.4) is 0 Å². The highest BCUT2D eigenvalue weighted by Gasteiger charge is 2.70. The molecular weight excluding hydrogens is 180 g/mol. The van der Waals surface area contributed by atoms with Crippen LogP contribution in [0.5, 0.6) is 0 Å². The van der Waals surface area contributed by atoms with Crippen molar-refractivity contribution in [2.75, 3.05) is 7.11 Å². The molecule has 4 rings (SSSR count). The molecule has 0 aromatic heterocycles. The number of aliphatic hydroxyl groups excluding tert-OH is 1. The first-order valence-electron chi connectivity index (χ1n) is 5.67. The van der Waals surface area contributed by atoms with E-state index in [-0.39, 0.29) is 12.2 Å². The number of fused-ring (bicyclic) bond motifs is 8. The molecule has 1 N–H and O–H groups in total. The van der Waals surface area contributed by atoms with Crippen molar-refractivity contribution >= 4 is 0 Å². The molecule has 0 spiro atoms. The Hall–Kier alpha value is -0.120. The number of hydrogen-bond acceptors (Lipinski definition) is 3. The fourth-order valence-electron chi connectivity index (χ4n) is 4.53. The van der Waals surface area contributed by atoms with E-state index < -0.39 is 0 Å². The van der Waals surface area contributed by atoms with Gasteiger partial charge in [0.25, 0.3) is 0 Å². The summed E-state index contributed by atoms with van der Waals surface area (Å²) < 4.78 is 11.0. The third-order valence-corrected chi connectivity index (χ3v) is 5.07. The smallest absolute Gasteiger partial charge is 0.0876 e. The lowest BCUT2D eigenvalue weighted by molar-refractivity contribution is -0.0196. The zero-order chi connectivity index (χ0) is 9.45. The van der Waals surface area contributed by atoms with Crippen molar-refractivity contribution in [2.24, 2.45) is 23.7 Å². The van der Waals surface area contributed by atoms with Crippen LogP contribution in [0.1, 0.15) is 12.8 Å². The molecule has 2 bridgehead atoms. The van der Waals surface area contributed by atoms with Gasteiger partial charge in [-0.15, -0.1) is 0 Å². The molecule has 3 saturated carbocycles. The topological polar surface area (TPSA) is 42.0 Å². The monoisotopic (exact) mass is 196 g/mol. The Morgan fingerprint density at radius 1 is 1.14 bits per heavy atom. The zero-order valence-electron chi connectivity index (χ0n) is 8.30. The largest absolute Gasteiger partial charge is 0.390 e. The van der Waals surface area contributed by atoms with Crippen LogP contribution in [-0.4, -0.2) is 36.6 Å². The van der Waals surface area contributed by atoms with E-state index in [1.165, 1.54) is 6.42 Å². The molecule has 8 atom stereocenters. The molecule has 8 unspecified atom stereocenters. The minimum absolute atomic E-state index is 0.0906. The summed E-state index contributed by atoms with van der Waals surface area (Å²) >= 11 is 0. The van der Waals surface area contributed by atoms with E-state index in [4.69, 9.17) is 9.47 Å². The average molecular weight is 196 g/mol. The number of hydrogen-bond donors (Lipinski definition) is 1. The van der Waals surface area contributed by atoms with Crippen LogP contribution in [0.2, 0.25) is 0 Å². The van der Waals surface area contributed by atoms with E-state index in [0.717, 1.165) is 12.3 Å². The van der Waals surface area contributed by atoms with Crippen LogP contribution in [0.4, 0.5) is 0 Å². The van der Waals surface area contributed by atoms with Crippen LogP contribution >= 0.6 is 0 Å². The number of aliphatic hydroxyl groups is 1. The Bertz CT molecular complexity index is 280. The molecule has 3 heteroatoms. The molecule has 1 saturated heterocycles. The second-order valence-corrected chi connectivity index (χ2v) is 5.37. The molecule has 0 aromatic carbocycles. The zero-order valence-corrected chi connectivity index (χ0v) is 8.30. The van der Waals surface area contributed by atoms with Gasteiger partial charge in [-0.2, -0.15) is 0 Å². The van der Waals surface area contributed by atoms with E-state index in [9.17, 15) is 5.11 Å². The van der Waals surface area contributed by atoms with Gasteiger partial charge in [-0.3, -0.25) is 0 Å². The third kappa shape index (κ3) is 0.730. The van der Waals surface area contributed by atoms with Crippen molar-refractivity contribution < 1.29 is 14.6 Å². The van der Waals surface area contributed by atoms with E-state index in [1.54, 1.807) is 7.11 Å². The van der Waals surface area contributed by atoms with Crippen molar-refractivity contribution in [1.29, 1.82) is 0 Å². The maximum atomic E-state index is 10.1. The summed E-state index contributed by atoms with van der Waals surface area (Å²) in [5.41, 5.74) is 0. The Morgan fingerprint density at radius 2 is 1.93 bits per heavy atom. The van der Waals surface area contributed by atoms with Crippen molar-refractivity contribution in [1.82, 2.24) is 0 Å². The van der Waals surface area contributed by atoms with Gasteiger partial charge < -0.3 is 14.6 Å². The molecule has 1 heterocycles. The Morgan fingerprint density at radius 3 is 2.71 bits per heavy atom. The van der Waals surface area contributed by atoms with E-state index in [2.05, 4.69) is 0 Å². The van der Waals surface area contributed by atoms with Crippen LogP contribution in [0.25, 0.3) is 0 Å². The van der Waals surface area contributed by atoms with Crippen LogP contribution in [0, 0.1) is 23.7 Å². The van der Waals surface area contributed by atoms with Gasteiger partial charge in [-0.05, 0) is 36.5 Å². The van der Waals surface area contributed by atoms with Crippen LogP contribution in [-0.2, 0) is 9.47 Å². The minimum Gasteiger partial charge on any atom is -0.390 e. The van der Waals surface area contributed by atoms with Crippen LogP contribution < -0.4 is 0 Å². The summed E-state index contributed by atoms with van der Waals surface area (Å²) in [5, 5.41) is 10.1. The number of ether oxygens (including phenoxy) is 2. The maximum Gasteiger partial charge on any atom is 0.0876 e. The van der Waals surface area contributed by atoms with E-state index in [0.29, 0.717) is 30.0 Å². The normalized spacial score (nSPS) is 68.1. The van der Waals surface area contributed by atoms with Crippen molar-refractivity contribution in [3.05, 3.63) is 0 Å². The quantitative estimate of drug-likeness (QED) is 0.618. The molecule has 0 amide bonds. The molecule has 4 fully saturated rings. The summed E-state index contributed by atoms with van der Waals surface area (Å²) in [5.74, 6) is 2.55. The molecule has 1 aliphatic heterocycles. The predicted octanol–water partition coefficient (Wildman–Crippen LogP) is 0.416. The number of methoxy groups -OCH3 is 1. The third-order valence-electron chi connectivity index (χ3n) is 5.07. The maximum absolute atomic E-state index is 10.1. The molecule has 0 aromatic rings. The molecular formula is C11H16O3. The van der Waals surface area contributed by atoms with Crippen molar-refractivity contribution in [2.45, 2.75) is 37.3 Å². The summed E-state index contributed by atoms with van der Waals surface area (Å²) in [4.78, 5) is 0. The van der Waals surface area contributed by atoms with Gasteiger partial charge in [0.15, 0.2) is 0 Å². The van der Waals surface area contributed by atoms with Gasteiger partial charge >= 0.3 is 0 Å². The fourth-order valence-corrected chi connectivity index (χ4v) is 4.53. The highest BCUT2D eigenvalue weighted by atomic mass is 16.6. The fraction of sp³-hybridized carbons (Fsp3) is 1.00. The average Bonchev–Trinajstić information content (AvgIpc) is 2.65. The van der Waals surface area contributed by atoms with Gasteiger partial charge in [0, 0.05) is 7.11 Å². The Kier molecular flexibility index (Phi) is 1.35. The highest BCUT2D eigenvalue weighted by Crippen LogP contribution is 2.65. The molecule has 3 nitrogen and oxygen atoms in total. The van der Waals surface area contributed by atoms with Crippen LogP contribution in [0.15, 0.2) is 0 Å². The van der Waals surface area contributed by atoms with Gasteiger partial charge in [-0.25, -0.2) is 0 Å². The van der Waals surface area contributed by atoms with Gasteiger partial charge in [0.1, 0.15) is 0 Å². The first-order chi connectivity index (χ1) is 6.81. The summed E-state index contributed by atoms with van der Waals surface area (Å²) in [6.07, 6.45) is 3.28. The van der Waals surface area contributed by atoms with Gasteiger partial charge in [-0.1, -0.05) is 0 Å². The minimum atomic E-state index is -0.231. The Labute approximate surface area is 83.4 Å². The summed E-state index contributed by atoms with van der Waals surface area (Å²) in [7, 11) is 1.72. The SMILES string of the molecule is COC1CC2C3CC(C4OC34)C2C1O. The standard InChI is InChI=1S/C11H16O3/c1-13-7-3-4-5-2-6(8(4)9(7)12)11-10(5)14-11/h4-12H,2-3H2,1H3. The lowest BCUT2D eigenvalue weighted by Gasteiger charge is -2.24. The summed E-state index contributed by atoms with van der Waals surface area (Å²) in [6, 6.07) is 0. The first-order valence-corrected chi connectivity index (χ1v) is 5.67. The number of rotatable bonds is 1. The van der Waals surface area contributed by atoms with Crippen molar-refractivity contribution in [3.8, 4) is 0 Å². The first kappa shape index (κ1) is 8.08. The molecule has 4 aliphatic rings. The Balaban J connectivity index is 1.67. The van der Waals surface area contributed by atoms with Gasteiger partial charge in [0.2, 0.25) is 0 Å². The predicted molar refractivity (Wildman–Crippen MR) is 48.7 cm³/mol. The van der Waals surface area contributed by atoms with Gasteiger partial charge in [0.05, 0.1) is 24.4 Å². The van der Waals surface area contributed by atoms with Crippen molar-refractivity contribution in [3.63, 3.8) is 0 Å².